The van der Waals surface area contributed by atoms with E-state index in [1.165, 1.54) is 6.07 Å². The maximum Gasteiger partial charge on any atom is 0.184 e. The Morgan fingerprint density at radius 3 is 2.95 bits per heavy atom. The highest BCUT2D eigenvalue weighted by Gasteiger charge is 2.11. The molecule has 1 N–H and O–H groups in total. The van der Waals surface area contributed by atoms with E-state index in [0.717, 1.165) is 9.99 Å². The van der Waals surface area contributed by atoms with Gasteiger partial charge in [0.15, 0.2) is 22.0 Å². The molecule has 1 aromatic carbocycles. The van der Waals surface area contributed by atoms with Gasteiger partial charge in [-0.15, -0.1) is 0 Å². The molecule has 2 aromatic heterocycles. The molecule has 0 spiro atoms. The van der Waals surface area contributed by atoms with Crippen molar-refractivity contribution in [3.8, 4) is 11.4 Å². The molecule has 2 heterocycles. The second kappa shape index (κ2) is 5.57. The molecule has 3 aromatic rings. The minimum Gasteiger partial charge on any atom is -0.491 e. The van der Waals surface area contributed by atoms with Crippen LogP contribution in [0.1, 0.15) is 6.92 Å². The Morgan fingerprint density at radius 1 is 1.43 bits per heavy atom. The topological polar surface area (TPSA) is 42.8 Å². The molecule has 0 aliphatic rings. The minimum atomic E-state index is -0.428. The number of hydrogen-bond donors (Lipinski definition) is 1. The Hall–Kier alpha value is -1.73. The van der Waals surface area contributed by atoms with E-state index in [-0.39, 0.29) is 5.75 Å². The predicted molar refractivity (Wildman–Crippen MR) is 85.1 cm³/mol. The fourth-order valence-corrected chi connectivity index (χ4v) is 2.74. The van der Waals surface area contributed by atoms with E-state index in [4.69, 9.17) is 17.0 Å². The highest BCUT2D eigenvalue weighted by Crippen LogP contribution is 2.24. The minimum absolute atomic E-state index is 0.225. The van der Waals surface area contributed by atoms with Gasteiger partial charge in [0.05, 0.1) is 17.8 Å². The molecule has 0 aliphatic heterocycles. The molecule has 0 aliphatic carbocycles. The number of rotatable bonds is 3. The molecule has 0 bridgehead atoms. The third-order valence-electron chi connectivity index (χ3n) is 2.96. The summed E-state index contributed by atoms with van der Waals surface area (Å²) in [6, 6.07) is 6.60. The van der Waals surface area contributed by atoms with Crippen LogP contribution >= 0.6 is 28.1 Å². The molecule has 4 nitrogen and oxygen atoms in total. The number of imidazole rings is 1. The van der Waals surface area contributed by atoms with Crippen LogP contribution in [0.3, 0.4) is 0 Å². The first-order chi connectivity index (χ1) is 10.1. The summed E-state index contributed by atoms with van der Waals surface area (Å²) in [5.74, 6) is -0.203. The van der Waals surface area contributed by atoms with Crippen LogP contribution in [0.15, 0.2) is 34.9 Å². The third kappa shape index (κ3) is 2.58. The number of aromatic nitrogens is 3. The van der Waals surface area contributed by atoms with E-state index in [9.17, 15) is 4.39 Å². The van der Waals surface area contributed by atoms with Crippen molar-refractivity contribution in [1.29, 1.82) is 0 Å². The van der Waals surface area contributed by atoms with Crippen molar-refractivity contribution in [2.45, 2.75) is 6.92 Å². The molecule has 21 heavy (non-hydrogen) atoms. The Morgan fingerprint density at radius 2 is 2.24 bits per heavy atom. The summed E-state index contributed by atoms with van der Waals surface area (Å²) in [7, 11) is 0. The lowest BCUT2D eigenvalue weighted by atomic mass is 10.3. The van der Waals surface area contributed by atoms with Crippen molar-refractivity contribution >= 4 is 39.3 Å². The summed E-state index contributed by atoms with van der Waals surface area (Å²) in [5, 5.41) is 0. The largest absolute Gasteiger partial charge is 0.491 e. The van der Waals surface area contributed by atoms with Gasteiger partial charge in [0, 0.05) is 16.7 Å². The highest BCUT2D eigenvalue weighted by molar-refractivity contribution is 9.10. The van der Waals surface area contributed by atoms with Gasteiger partial charge in [0.1, 0.15) is 0 Å². The fourth-order valence-electron chi connectivity index (χ4n) is 2.11. The van der Waals surface area contributed by atoms with E-state index in [0.29, 0.717) is 22.7 Å². The second-order valence-corrected chi connectivity index (χ2v) is 5.64. The van der Waals surface area contributed by atoms with Crippen LogP contribution in [-0.2, 0) is 0 Å². The van der Waals surface area contributed by atoms with E-state index in [1.54, 1.807) is 22.9 Å². The number of H-pyrrole nitrogens is 1. The van der Waals surface area contributed by atoms with Gasteiger partial charge in [-0.1, -0.05) is 0 Å². The second-order valence-electron chi connectivity index (χ2n) is 4.34. The van der Waals surface area contributed by atoms with E-state index in [2.05, 4.69) is 25.9 Å². The maximum atomic E-state index is 14.0. The van der Waals surface area contributed by atoms with Gasteiger partial charge in [-0.3, -0.25) is 4.57 Å². The molecule has 108 valence electrons. The molecule has 7 heteroatoms. The lowest BCUT2D eigenvalue weighted by molar-refractivity contribution is 0.321. The van der Waals surface area contributed by atoms with Gasteiger partial charge < -0.3 is 9.72 Å². The van der Waals surface area contributed by atoms with Crippen molar-refractivity contribution < 1.29 is 9.13 Å². The number of pyridine rings is 1. The van der Waals surface area contributed by atoms with Crippen LogP contribution in [0.5, 0.6) is 5.75 Å². The average Bonchev–Trinajstić information content (AvgIpc) is 2.76. The Labute approximate surface area is 133 Å². The van der Waals surface area contributed by atoms with Crippen molar-refractivity contribution in [1.82, 2.24) is 14.5 Å². The zero-order valence-corrected chi connectivity index (χ0v) is 13.5. The lowest BCUT2D eigenvalue weighted by Gasteiger charge is -2.08. The third-order valence-corrected chi connectivity index (χ3v) is 3.68. The number of hydrogen-bond acceptors (Lipinski definition) is 3. The molecule has 0 unspecified atom stereocenters. The molecule has 0 radical (unpaired) electrons. The summed E-state index contributed by atoms with van der Waals surface area (Å²) in [4.78, 5) is 7.39. The number of fused-ring (bicyclic) bond motifs is 1. The molecule has 0 saturated heterocycles. The van der Waals surface area contributed by atoms with Gasteiger partial charge in [-0.25, -0.2) is 9.37 Å². The number of benzene rings is 1. The number of halogens is 2. The van der Waals surface area contributed by atoms with Crippen molar-refractivity contribution in [2.75, 3.05) is 6.61 Å². The quantitative estimate of drug-likeness (QED) is 0.698. The highest BCUT2D eigenvalue weighted by atomic mass is 79.9. The number of ether oxygens (including phenoxy) is 1. The number of nitrogens with one attached hydrogen (secondary N) is 1. The van der Waals surface area contributed by atoms with Crippen molar-refractivity contribution in [3.05, 3.63) is 45.5 Å². The number of nitrogens with zero attached hydrogens (tertiary/aromatic N) is 2. The average molecular weight is 368 g/mol. The van der Waals surface area contributed by atoms with Crippen LogP contribution in [0.25, 0.3) is 16.9 Å². The molecule has 0 saturated carbocycles. The van der Waals surface area contributed by atoms with Gasteiger partial charge in [0.25, 0.3) is 0 Å². The Balaban J connectivity index is 2.18. The summed E-state index contributed by atoms with van der Waals surface area (Å²) in [5.41, 5.74) is 2.03. The predicted octanol–water partition coefficient (Wildman–Crippen LogP) is 4.38. The van der Waals surface area contributed by atoms with Gasteiger partial charge in [-0.2, -0.15) is 0 Å². The van der Waals surface area contributed by atoms with Crippen LogP contribution < -0.4 is 4.74 Å². The van der Waals surface area contributed by atoms with Crippen molar-refractivity contribution in [2.24, 2.45) is 0 Å². The van der Waals surface area contributed by atoms with Crippen LogP contribution in [-0.4, -0.2) is 21.1 Å². The normalized spacial score (nSPS) is 11.0. The molecule has 3 rings (SSSR count). The van der Waals surface area contributed by atoms with Gasteiger partial charge >= 0.3 is 0 Å². The SMILES string of the molecule is CCOc1ccc(-n2c(=S)[nH]c3cc(Br)cnc32)cc1F. The number of aromatic amines is 1. The van der Waals surface area contributed by atoms with E-state index in [1.807, 2.05) is 13.0 Å². The first kappa shape index (κ1) is 14.2. The van der Waals surface area contributed by atoms with E-state index < -0.39 is 5.82 Å². The summed E-state index contributed by atoms with van der Waals surface area (Å²) < 4.78 is 22.2. The summed E-state index contributed by atoms with van der Waals surface area (Å²) in [6.45, 7) is 2.23. The molecular weight excluding hydrogens is 357 g/mol. The zero-order chi connectivity index (χ0) is 15.0. The maximum absolute atomic E-state index is 14.0. The Kier molecular flexibility index (Phi) is 3.77. The summed E-state index contributed by atoms with van der Waals surface area (Å²) >= 11 is 8.66. The van der Waals surface area contributed by atoms with Crippen LogP contribution in [0.4, 0.5) is 4.39 Å². The van der Waals surface area contributed by atoms with Crippen LogP contribution in [0.2, 0.25) is 0 Å². The van der Waals surface area contributed by atoms with Gasteiger partial charge in [-0.05, 0) is 53.3 Å². The Bertz CT molecular complexity index is 874. The molecule has 0 amide bonds. The molecule has 0 atom stereocenters. The summed E-state index contributed by atoms with van der Waals surface area (Å²) in [6.07, 6.45) is 1.67. The smallest absolute Gasteiger partial charge is 0.184 e. The van der Waals surface area contributed by atoms with Crippen LogP contribution in [0, 0.1) is 10.6 Å². The van der Waals surface area contributed by atoms with Crippen molar-refractivity contribution in [3.63, 3.8) is 0 Å². The monoisotopic (exact) mass is 367 g/mol. The first-order valence-corrected chi connectivity index (χ1v) is 7.49. The lowest BCUT2D eigenvalue weighted by Crippen LogP contribution is -1.99. The zero-order valence-electron chi connectivity index (χ0n) is 11.1. The van der Waals surface area contributed by atoms with Gasteiger partial charge in [0.2, 0.25) is 0 Å². The molecule has 0 fully saturated rings. The molecular formula is C14H11BrFN3OS. The van der Waals surface area contributed by atoms with E-state index >= 15 is 0 Å². The first-order valence-electron chi connectivity index (χ1n) is 6.29. The fraction of sp³-hybridized carbons (Fsp3) is 0.143. The standard InChI is InChI=1S/C14H11BrFN3OS/c1-2-20-12-4-3-9(6-10(12)16)19-13-11(18-14(19)21)5-8(15)7-17-13/h3-7H,2H2,1H3,(H,18,21).